The maximum Gasteiger partial charge on any atom is 0.169 e. The Morgan fingerprint density at radius 1 is 1.44 bits per heavy atom. The molecule has 0 bridgehead atoms. The minimum absolute atomic E-state index is 0.209. The fourth-order valence-electron chi connectivity index (χ4n) is 2.70. The molecule has 2 aliphatic rings. The monoisotopic (exact) mass is 249 g/mol. The minimum Gasteiger partial charge on any atom is -0.381 e. The summed E-state index contributed by atoms with van der Waals surface area (Å²) in [5.74, 6) is 1.08. The molecule has 18 heavy (non-hydrogen) atoms. The highest BCUT2D eigenvalue weighted by Gasteiger charge is 2.31. The third-order valence-electron chi connectivity index (χ3n) is 3.69. The van der Waals surface area contributed by atoms with E-state index < -0.39 is 0 Å². The Bertz CT molecular complexity index is 413. The van der Waals surface area contributed by atoms with Gasteiger partial charge in [0.25, 0.3) is 0 Å². The highest BCUT2D eigenvalue weighted by molar-refractivity contribution is 5.54. The summed E-state index contributed by atoms with van der Waals surface area (Å²) in [6.07, 6.45) is 6.01. The highest BCUT2D eigenvalue weighted by Crippen LogP contribution is 2.22. The molecule has 2 unspecified atom stereocenters. The molecular formula is C12H19N5O. The van der Waals surface area contributed by atoms with Crippen LogP contribution in [-0.4, -0.2) is 53.3 Å². The number of fused-ring (bicyclic) bond motifs is 1. The molecule has 3 heterocycles. The van der Waals surface area contributed by atoms with Crippen LogP contribution in [0.25, 0.3) is 0 Å². The van der Waals surface area contributed by atoms with Gasteiger partial charge in [0.05, 0.1) is 12.7 Å². The smallest absolute Gasteiger partial charge is 0.169 e. The van der Waals surface area contributed by atoms with E-state index in [1.165, 1.54) is 19.4 Å². The first-order chi connectivity index (χ1) is 8.83. The van der Waals surface area contributed by atoms with Crippen LogP contribution in [-0.2, 0) is 4.74 Å². The first-order valence-electron chi connectivity index (χ1n) is 6.49. The second-order valence-corrected chi connectivity index (χ2v) is 4.92. The lowest BCUT2D eigenvalue weighted by Crippen LogP contribution is -2.48. The SMILES string of the molecule is Nc1nccnc1NCC1CN2CCCC2CO1. The standard InChI is InChI=1S/C12H19N5O/c13-11-12(15-4-3-14-11)16-6-10-7-17-5-1-2-9(17)8-18-10/h3-4,9-10H,1-2,5-8H2,(H2,13,14)(H,15,16). The van der Waals surface area contributed by atoms with E-state index in [1.54, 1.807) is 12.4 Å². The van der Waals surface area contributed by atoms with Crippen LogP contribution in [0.5, 0.6) is 0 Å². The van der Waals surface area contributed by atoms with E-state index in [1.807, 2.05) is 0 Å². The number of hydrogen-bond acceptors (Lipinski definition) is 6. The summed E-state index contributed by atoms with van der Waals surface area (Å²) in [7, 11) is 0. The maximum absolute atomic E-state index is 5.86. The molecule has 0 aliphatic carbocycles. The molecule has 6 heteroatoms. The Labute approximate surface area is 107 Å². The molecule has 0 saturated carbocycles. The lowest BCUT2D eigenvalue weighted by Gasteiger charge is -2.35. The van der Waals surface area contributed by atoms with Crippen molar-refractivity contribution in [3.63, 3.8) is 0 Å². The van der Waals surface area contributed by atoms with Crippen LogP contribution in [0.3, 0.4) is 0 Å². The van der Waals surface area contributed by atoms with Gasteiger partial charge in [0.2, 0.25) is 0 Å². The van der Waals surface area contributed by atoms with E-state index in [-0.39, 0.29) is 6.10 Å². The van der Waals surface area contributed by atoms with Crippen molar-refractivity contribution in [2.24, 2.45) is 0 Å². The molecule has 98 valence electrons. The van der Waals surface area contributed by atoms with E-state index in [4.69, 9.17) is 10.5 Å². The van der Waals surface area contributed by atoms with Crippen molar-refractivity contribution < 1.29 is 4.74 Å². The van der Waals surface area contributed by atoms with E-state index in [9.17, 15) is 0 Å². The van der Waals surface area contributed by atoms with Crippen molar-refractivity contribution in [3.05, 3.63) is 12.4 Å². The van der Waals surface area contributed by atoms with Gasteiger partial charge in [-0.1, -0.05) is 0 Å². The quantitative estimate of drug-likeness (QED) is 0.804. The molecule has 2 saturated heterocycles. The first kappa shape index (κ1) is 11.7. The predicted octanol–water partition coefficient (Wildman–Crippen LogP) is 0.334. The van der Waals surface area contributed by atoms with Gasteiger partial charge in [-0.15, -0.1) is 0 Å². The fourth-order valence-corrected chi connectivity index (χ4v) is 2.70. The number of rotatable bonds is 3. The molecule has 2 aliphatic heterocycles. The number of aromatic nitrogens is 2. The van der Waals surface area contributed by atoms with Gasteiger partial charge in [-0.25, -0.2) is 9.97 Å². The van der Waals surface area contributed by atoms with Crippen molar-refractivity contribution >= 4 is 11.6 Å². The molecule has 0 radical (unpaired) electrons. The Balaban J connectivity index is 1.53. The normalized spacial score (nSPS) is 28.0. The molecule has 0 amide bonds. The lowest BCUT2D eigenvalue weighted by molar-refractivity contribution is -0.0415. The van der Waals surface area contributed by atoms with Crippen molar-refractivity contribution in [1.29, 1.82) is 0 Å². The lowest BCUT2D eigenvalue weighted by atomic mass is 10.2. The number of morpholine rings is 1. The van der Waals surface area contributed by atoms with Gasteiger partial charge in [0.15, 0.2) is 11.6 Å². The van der Waals surface area contributed by atoms with Gasteiger partial charge in [0.1, 0.15) is 0 Å². The molecule has 1 aromatic heterocycles. The predicted molar refractivity (Wildman–Crippen MR) is 69.3 cm³/mol. The zero-order valence-corrected chi connectivity index (χ0v) is 10.4. The molecule has 2 atom stereocenters. The maximum atomic E-state index is 5.86. The van der Waals surface area contributed by atoms with Crippen molar-refractivity contribution in [2.45, 2.75) is 25.0 Å². The average molecular weight is 249 g/mol. The molecule has 0 spiro atoms. The van der Waals surface area contributed by atoms with Crippen LogP contribution < -0.4 is 11.1 Å². The van der Waals surface area contributed by atoms with E-state index in [2.05, 4.69) is 20.2 Å². The summed E-state index contributed by atoms with van der Waals surface area (Å²) in [5, 5.41) is 3.21. The second-order valence-electron chi connectivity index (χ2n) is 4.92. The van der Waals surface area contributed by atoms with Crippen LogP contribution >= 0.6 is 0 Å². The van der Waals surface area contributed by atoms with Crippen LogP contribution in [0.2, 0.25) is 0 Å². The van der Waals surface area contributed by atoms with Crippen LogP contribution in [0.4, 0.5) is 11.6 Å². The van der Waals surface area contributed by atoms with Crippen molar-refractivity contribution in [2.75, 3.05) is 37.3 Å². The average Bonchev–Trinajstić information content (AvgIpc) is 2.85. The summed E-state index contributed by atoms with van der Waals surface area (Å²) in [5.41, 5.74) is 5.73. The zero-order chi connectivity index (χ0) is 12.4. The number of hydrogen-bond donors (Lipinski definition) is 2. The van der Waals surface area contributed by atoms with Gasteiger partial charge in [0, 0.05) is 31.5 Å². The molecule has 2 fully saturated rings. The number of anilines is 2. The number of nitrogens with one attached hydrogen (secondary N) is 1. The summed E-state index contributed by atoms with van der Waals surface area (Å²) in [6.45, 7) is 3.78. The number of nitrogens with zero attached hydrogens (tertiary/aromatic N) is 3. The fraction of sp³-hybridized carbons (Fsp3) is 0.667. The summed E-state index contributed by atoms with van der Waals surface area (Å²) >= 11 is 0. The van der Waals surface area contributed by atoms with E-state index in [0.717, 1.165) is 19.7 Å². The highest BCUT2D eigenvalue weighted by atomic mass is 16.5. The zero-order valence-electron chi connectivity index (χ0n) is 10.4. The Morgan fingerprint density at radius 2 is 2.33 bits per heavy atom. The van der Waals surface area contributed by atoms with Gasteiger partial charge < -0.3 is 15.8 Å². The van der Waals surface area contributed by atoms with Crippen molar-refractivity contribution in [1.82, 2.24) is 14.9 Å². The van der Waals surface area contributed by atoms with Crippen LogP contribution in [0, 0.1) is 0 Å². The summed E-state index contributed by atoms with van der Waals surface area (Å²) in [4.78, 5) is 10.7. The molecular weight excluding hydrogens is 230 g/mol. The van der Waals surface area contributed by atoms with Crippen LogP contribution in [0.15, 0.2) is 12.4 Å². The number of ether oxygens (including phenoxy) is 1. The third kappa shape index (κ3) is 2.39. The Kier molecular flexibility index (Phi) is 3.29. The van der Waals surface area contributed by atoms with Crippen molar-refractivity contribution in [3.8, 4) is 0 Å². The molecule has 1 aromatic rings. The molecule has 0 aromatic carbocycles. The number of nitrogens with two attached hydrogens (primary N) is 1. The summed E-state index contributed by atoms with van der Waals surface area (Å²) in [6, 6.07) is 0.642. The molecule has 3 N–H and O–H groups in total. The molecule has 3 rings (SSSR count). The number of nitrogen functional groups attached to an aromatic ring is 1. The van der Waals surface area contributed by atoms with Crippen LogP contribution in [0.1, 0.15) is 12.8 Å². The summed E-state index contributed by atoms with van der Waals surface area (Å²) < 4.78 is 5.86. The Hall–Kier alpha value is -1.40. The van der Waals surface area contributed by atoms with Gasteiger partial charge >= 0.3 is 0 Å². The van der Waals surface area contributed by atoms with Gasteiger partial charge in [-0.3, -0.25) is 4.90 Å². The second kappa shape index (κ2) is 5.07. The Morgan fingerprint density at radius 3 is 3.22 bits per heavy atom. The third-order valence-corrected chi connectivity index (χ3v) is 3.69. The van der Waals surface area contributed by atoms with Gasteiger partial charge in [-0.2, -0.15) is 0 Å². The first-order valence-corrected chi connectivity index (χ1v) is 6.49. The van der Waals surface area contributed by atoms with E-state index >= 15 is 0 Å². The topological polar surface area (TPSA) is 76.3 Å². The van der Waals surface area contributed by atoms with Gasteiger partial charge in [-0.05, 0) is 19.4 Å². The minimum atomic E-state index is 0.209. The largest absolute Gasteiger partial charge is 0.381 e. The molecule has 6 nitrogen and oxygen atoms in total. The van der Waals surface area contributed by atoms with E-state index in [0.29, 0.717) is 17.7 Å².